The molecular weight excluding hydrogens is 498 g/mol. The maximum absolute atomic E-state index is 9.14. The largest absolute Gasteiger partial charge is 0.497 e. The van der Waals surface area contributed by atoms with Crippen LogP contribution in [-0.2, 0) is 6.54 Å². The molecule has 0 bridgehead atoms. The summed E-state index contributed by atoms with van der Waals surface area (Å²) in [6.07, 6.45) is 8.96. The molecule has 8 nitrogen and oxygen atoms in total. The predicted molar refractivity (Wildman–Crippen MR) is 166 cm³/mol. The Labute approximate surface area is 240 Å². The molecule has 0 radical (unpaired) electrons. The molecule has 218 valence electrons. The summed E-state index contributed by atoms with van der Waals surface area (Å²) >= 11 is 0. The summed E-state index contributed by atoms with van der Waals surface area (Å²) < 4.78 is 7.58. The van der Waals surface area contributed by atoms with E-state index in [1.807, 2.05) is 30.5 Å². The zero-order valence-corrected chi connectivity index (χ0v) is 25.2. The van der Waals surface area contributed by atoms with Crippen LogP contribution >= 0.6 is 0 Å². The van der Waals surface area contributed by atoms with E-state index in [9.17, 15) is 0 Å². The van der Waals surface area contributed by atoms with Crippen LogP contribution in [0.5, 0.6) is 5.75 Å². The second-order valence-corrected chi connectivity index (χ2v) is 12.0. The van der Waals surface area contributed by atoms with Gasteiger partial charge in [0, 0.05) is 37.1 Å². The molecule has 4 rings (SSSR count). The zero-order valence-electron chi connectivity index (χ0n) is 25.2. The maximum Gasteiger partial charge on any atom is 0.209 e. The Bertz CT molecular complexity index is 1200. The number of benzene rings is 1. The number of likely N-dealkylation sites (tertiary alicyclic amines) is 1. The fourth-order valence-corrected chi connectivity index (χ4v) is 5.24. The van der Waals surface area contributed by atoms with Crippen molar-refractivity contribution < 1.29 is 4.74 Å². The number of amidine groups is 1. The molecule has 2 N–H and O–H groups in total. The number of ether oxygens (including phenoxy) is 1. The number of nitrogens with zero attached hydrogens (tertiary/aromatic N) is 5. The van der Waals surface area contributed by atoms with E-state index < -0.39 is 0 Å². The van der Waals surface area contributed by atoms with Gasteiger partial charge in [0.2, 0.25) is 5.95 Å². The number of fused-ring (bicyclic) bond motifs is 1. The van der Waals surface area contributed by atoms with Gasteiger partial charge in [-0.25, -0.2) is 4.98 Å². The minimum atomic E-state index is 0.557. The number of piperidine rings is 1. The molecule has 3 aromatic rings. The second kappa shape index (κ2) is 14.5. The first-order chi connectivity index (χ1) is 19.3. The Kier molecular flexibility index (Phi) is 10.8. The lowest BCUT2D eigenvalue weighted by molar-refractivity contribution is 0.223. The molecule has 1 fully saturated rings. The summed E-state index contributed by atoms with van der Waals surface area (Å²) in [5.41, 5.74) is 3.49. The molecule has 8 heteroatoms. The first-order valence-corrected chi connectivity index (χ1v) is 15.2. The van der Waals surface area contributed by atoms with Crippen LogP contribution in [0.3, 0.4) is 0 Å². The van der Waals surface area contributed by atoms with Gasteiger partial charge in [0.05, 0.1) is 12.6 Å². The summed E-state index contributed by atoms with van der Waals surface area (Å²) in [6, 6.07) is 10.0. The van der Waals surface area contributed by atoms with E-state index in [4.69, 9.17) is 20.1 Å². The predicted octanol–water partition coefficient (Wildman–Crippen LogP) is 6.78. The van der Waals surface area contributed by atoms with Gasteiger partial charge in [-0.3, -0.25) is 5.41 Å². The fraction of sp³-hybridized carbons (Fsp3) is 0.594. The number of pyridine rings is 1. The number of imidazole rings is 1. The van der Waals surface area contributed by atoms with Crippen molar-refractivity contribution in [2.24, 2.45) is 11.8 Å². The fourth-order valence-electron chi connectivity index (χ4n) is 5.24. The molecule has 1 saturated heterocycles. The highest BCUT2D eigenvalue weighted by Crippen LogP contribution is 2.25. The molecule has 0 amide bonds. The molecule has 0 atom stereocenters. The zero-order chi connectivity index (χ0) is 28.5. The lowest BCUT2D eigenvalue weighted by Gasteiger charge is -2.27. The molecular formula is C32H49N7O. The lowest BCUT2D eigenvalue weighted by Crippen LogP contribution is -2.34. The van der Waals surface area contributed by atoms with E-state index in [1.165, 1.54) is 32.4 Å². The van der Waals surface area contributed by atoms with Gasteiger partial charge >= 0.3 is 0 Å². The molecule has 0 spiro atoms. The number of aryl methyl sites for hydroxylation is 1. The average molecular weight is 548 g/mol. The molecule has 0 saturated carbocycles. The molecule has 3 heterocycles. The topological polar surface area (TPSA) is 82.3 Å². The third kappa shape index (κ3) is 8.19. The van der Waals surface area contributed by atoms with Crippen molar-refractivity contribution in [3.63, 3.8) is 0 Å². The normalized spacial score (nSPS) is 14.3. The number of methoxy groups -OCH3 is 1. The molecule has 1 aromatic carbocycles. The smallest absolute Gasteiger partial charge is 0.209 e. The SMILES string of the molecule is COc1ccc(Nc2nc3ncc(C(=N)N(CCC(C)C)CCC(C)C)cc3n2CCCN2CCCCC2)cc1. The van der Waals surface area contributed by atoms with E-state index in [2.05, 4.69) is 53.4 Å². The van der Waals surface area contributed by atoms with Gasteiger partial charge in [-0.05, 0) is 93.9 Å². The average Bonchev–Trinajstić information content (AvgIpc) is 3.29. The van der Waals surface area contributed by atoms with E-state index in [0.29, 0.717) is 23.3 Å². The molecule has 1 aliphatic rings. The van der Waals surface area contributed by atoms with Crippen LogP contribution in [-0.4, -0.2) is 70.0 Å². The van der Waals surface area contributed by atoms with Gasteiger partial charge < -0.3 is 24.4 Å². The first-order valence-electron chi connectivity index (χ1n) is 15.2. The molecule has 1 aliphatic heterocycles. The van der Waals surface area contributed by atoms with Crippen LogP contribution in [0, 0.1) is 17.2 Å². The van der Waals surface area contributed by atoms with Crippen molar-refractivity contribution >= 4 is 28.6 Å². The Morgan fingerprint density at radius 3 is 2.30 bits per heavy atom. The second-order valence-electron chi connectivity index (χ2n) is 12.0. The van der Waals surface area contributed by atoms with E-state index >= 15 is 0 Å². The van der Waals surface area contributed by atoms with Crippen molar-refractivity contribution in [2.75, 3.05) is 45.2 Å². The van der Waals surface area contributed by atoms with Crippen LogP contribution in [0.2, 0.25) is 0 Å². The summed E-state index contributed by atoms with van der Waals surface area (Å²) in [5, 5.41) is 12.7. The minimum absolute atomic E-state index is 0.557. The number of anilines is 2. The Balaban J connectivity index is 1.61. The van der Waals surface area contributed by atoms with Crippen molar-refractivity contribution in [1.82, 2.24) is 24.3 Å². The van der Waals surface area contributed by atoms with Crippen LogP contribution < -0.4 is 10.1 Å². The van der Waals surface area contributed by atoms with Gasteiger partial charge in [0.25, 0.3) is 0 Å². The number of hydrogen-bond acceptors (Lipinski definition) is 6. The van der Waals surface area contributed by atoms with Crippen molar-refractivity contribution in [3.8, 4) is 5.75 Å². The van der Waals surface area contributed by atoms with Crippen LogP contribution in [0.1, 0.15) is 71.8 Å². The van der Waals surface area contributed by atoms with Crippen LogP contribution in [0.4, 0.5) is 11.6 Å². The van der Waals surface area contributed by atoms with Crippen LogP contribution in [0.15, 0.2) is 36.5 Å². The van der Waals surface area contributed by atoms with Gasteiger partial charge in [-0.15, -0.1) is 0 Å². The molecule has 2 aromatic heterocycles. The van der Waals surface area contributed by atoms with Gasteiger partial charge in [0.1, 0.15) is 11.6 Å². The minimum Gasteiger partial charge on any atom is -0.497 e. The number of rotatable bonds is 14. The Morgan fingerprint density at radius 2 is 1.68 bits per heavy atom. The Hall–Kier alpha value is -3.13. The summed E-state index contributed by atoms with van der Waals surface area (Å²) in [6.45, 7) is 15.1. The van der Waals surface area contributed by atoms with Crippen LogP contribution in [0.25, 0.3) is 11.2 Å². The molecule has 0 aliphatic carbocycles. The number of hydrogen-bond donors (Lipinski definition) is 2. The Morgan fingerprint density at radius 1 is 1.00 bits per heavy atom. The van der Waals surface area contributed by atoms with E-state index in [1.54, 1.807) is 7.11 Å². The maximum atomic E-state index is 9.14. The summed E-state index contributed by atoms with van der Waals surface area (Å²) in [5.74, 6) is 3.36. The van der Waals surface area contributed by atoms with Crippen molar-refractivity contribution in [2.45, 2.75) is 72.8 Å². The van der Waals surface area contributed by atoms with E-state index in [0.717, 1.165) is 73.9 Å². The highest BCUT2D eigenvalue weighted by molar-refractivity contribution is 5.98. The van der Waals surface area contributed by atoms with Crippen molar-refractivity contribution in [3.05, 3.63) is 42.1 Å². The third-order valence-electron chi connectivity index (χ3n) is 7.80. The molecule has 0 unspecified atom stereocenters. The highest BCUT2D eigenvalue weighted by atomic mass is 16.5. The third-order valence-corrected chi connectivity index (χ3v) is 7.80. The number of aromatic nitrogens is 3. The highest BCUT2D eigenvalue weighted by Gasteiger charge is 2.18. The quantitative estimate of drug-likeness (QED) is 0.171. The first kappa shape index (κ1) is 29.8. The summed E-state index contributed by atoms with van der Waals surface area (Å²) in [7, 11) is 1.68. The van der Waals surface area contributed by atoms with E-state index in [-0.39, 0.29) is 0 Å². The van der Waals surface area contributed by atoms with Gasteiger partial charge in [-0.2, -0.15) is 4.98 Å². The number of nitrogens with one attached hydrogen (secondary N) is 2. The van der Waals surface area contributed by atoms with Gasteiger partial charge in [-0.1, -0.05) is 34.1 Å². The van der Waals surface area contributed by atoms with Crippen molar-refractivity contribution in [1.29, 1.82) is 5.41 Å². The monoisotopic (exact) mass is 547 g/mol. The lowest BCUT2D eigenvalue weighted by atomic mass is 10.1. The molecule has 40 heavy (non-hydrogen) atoms. The summed E-state index contributed by atoms with van der Waals surface area (Å²) in [4.78, 5) is 14.5. The standard InChI is InChI=1S/C32H49N7O/c1-24(2)14-20-38(21-15-25(3)4)30(33)26-22-29-31(34-23-26)36-32(35-27-10-12-28(40-5)13-11-27)39(29)19-9-18-37-16-7-6-8-17-37/h10-13,22-25,33H,6-9,14-21H2,1-5H3,(H,34,35,36). The van der Waals surface area contributed by atoms with Gasteiger partial charge in [0.15, 0.2) is 5.65 Å².